The molecular formula is C13H15F3N2O3. The van der Waals surface area contributed by atoms with E-state index in [1.165, 1.54) is 6.07 Å². The van der Waals surface area contributed by atoms with E-state index in [-0.39, 0.29) is 11.8 Å². The maximum Gasteiger partial charge on any atom is 0.423 e. The summed E-state index contributed by atoms with van der Waals surface area (Å²) < 4.78 is 44.2. The van der Waals surface area contributed by atoms with Gasteiger partial charge in [-0.2, -0.15) is 13.2 Å². The van der Waals surface area contributed by atoms with Gasteiger partial charge in [-0.05, 0) is 32.4 Å². The molecule has 1 heterocycles. The van der Waals surface area contributed by atoms with Gasteiger partial charge in [0.1, 0.15) is 5.56 Å². The summed E-state index contributed by atoms with van der Waals surface area (Å²) in [6.45, 7) is 4.19. The first-order chi connectivity index (χ1) is 9.63. The van der Waals surface area contributed by atoms with Crippen molar-refractivity contribution in [3.8, 4) is 0 Å². The molecule has 2 rings (SSSR count). The van der Waals surface area contributed by atoms with Gasteiger partial charge >= 0.3 is 6.18 Å². The van der Waals surface area contributed by atoms with Crippen LogP contribution in [0.2, 0.25) is 0 Å². The molecule has 1 aromatic rings. The largest absolute Gasteiger partial charge is 0.423 e. The summed E-state index contributed by atoms with van der Waals surface area (Å²) in [5.74, 6) is 0. The molecular weight excluding hydrogens is 289 g/mol. The van der Waals surface area contributed by atoms with Crippen LogP contribution in [0.15, 0.2) is 18.2 Å². The molecule has 1 fully saturated rings. The van der Waals surface area contributed by atoms with Gasteiger partial charge in [-0.3, -0.25) is 10.1 Å². The van der Waals surface area contributed by atoms with E-state index in [4.69, 9.17) is 4.74 Å². The fraction of sp³-hybridized carbons (Fsp3) is 0.538. The van der Waals surface area contributed by atoms with Crippen molar-refractivity contribution >= 4 is 11.4 Å². The first-order valence-electron chi connectivity index (χ1n) is 6.39. The number of nitro groups is 1. The minimum Gasteiger partial charge on any atom is -0.377 e. The van der Waals surface area contributed by atoms with Crippen LogP contribution in [-0.4, -0.2) is 23.2 Å². The van der Waals surface area contributed by atoms with Gasteiger partial charge < -0.3 is 10.1 Å². The van der Waals surface area contributed by atoms with Crippen LogP contribution in [0.5, 0.6) is 0 Å². The minimum atomic E-state index is -4.78. The number of halogens is 3. The Kier molecular flexibility index (Phi) is 3.83. The fourth-order valence-electron chi connectivity index (χ4n) is 2.33. The molecule has 0 aromatic heterocycles. The molecule has 1 aliphatic rings. The van der Waals surface area contributed by atoms with E-state index in [9.17, 15) is 23.3 Å². The van der Waals surface area contributed by atoms with Gasteiger partial charge in [-0.25, -0.2) is 0 Å². The predicted octanol–water partition coefficient (Wildman–Crippen LogP) is 3.59. The third-order valence-electron chi connectivity index (χ3n) is 3.82. The second kappa shape index (κ2) is 5.18. The van der Waals surface area contributed by atoms with Gasteiger partial charge in [0.15, 0.2) is 0 Å². The van der Waals surface area contributed by atoms with E-state index >= 15 is 0 Å². The quantitative estimate of drug-likeness (QED) is 0.684. The normalized spacial score (nSPS) is 25.9. The van der Waals surface area contributed by atoms with E-state index in [0.717, 1.165) is 12.1 Å². The number of rotatable bonds is 3. The van der Waals surface area contributed by atoms with Crippen molar-refractivity contribution in [3.05, 3.63) is 33.9 Å². The molecule has 21 heavy (non-hydrogen) atoms. The van der Waals surface area contributed by atoms with Gasteiger partial charge in [-0.15, -0.1) is 0 Å². The molecule has 0 saturated carbocycles. The van der Waals surface area contributed by atoms with Gasteiger partial charge in [0.05, 0.1) is 16.6 Å². The van der Waals surface area contributed by atoms with Crippen LogP contribution in [0.4, 0.5) is 24.5 Å². The highest BCUT2D eigenvalue weighted by molar-refractivity contribution is 5.56. The first-order valence-corrected chi connectivity index (χ1v) is 6.39. The molecule has 1 N–H and O–H groups in total. The highest BCUT2D eigenvalue weighted by Crippen LogP contribution is 2.39. The second-order valence-corrected chi connectivity index (χ2v) is 5.29. The molecule has 5 nitrogen and oxygen atoms in total. The number of ether oxygens (including phenoxy) is 1. The molecule has 2 atom stereocenters. The molecule has 8 heteroatoms. The molecule has 0 aliphatic carbocycles. The Morgan fingerprint density at radius 2 is 2.14 bits per heavy atom. The number of nitrogens with one attached hydrogen (secondary N) is 1. The SMILES string of the molecule is CC1OCCC1(C)Nc1ccc([N+](=O)[O-])c(C(F)(F)F)c1. The average molecular weight is 304 g/mol. The van der Waals surface area contributed by atoms with E-state index in [1.807, 2.05) is 13.8 Å². The van der Waals surface area contributed by atoms with Gasteiger partial charge in [0, 0.05) is 18.4 Å². The van der Waals surface area contributed by atoms with E-state index < -0.39 is 27.9 Å². The Morgan fingerprint density at radius 1 is 1.48 bits per heavy atom. The second-order valence-electron chi connectivity index (χ2n) is 5.29. The Hall–Kier alpha value is -1.83. The minimum absolute atomic E-state index is 0.165. The van der Waals surface area contributed by atoms with Crippen LogP contribution in [0, 0.1) is 10.1 Å². The summed E-state index contributed by atoms with van der Waals surface area (Å²) >= 11 is 0. The van der Waals surface area contributed by atoms with Gasteiger partial charge in [0.25, 0.3) is 5.69 Å². The Bertz CT molecular complexity index is 562. The lowest BCUT2D eigenvalue weighted by molar-refractivity contribution is -0.388. The highest BCUT2D eigenvalue weighted by atomic mass is 19.4. The number of anilines is 1. The molecule has 0 bridgehead atoms. The van der Waals surface area contributed by atoms with Crippen molar-refractivity contribution in [2.45, 2.75) is 38.1 Å². The van der Waals surface area contributed by atoms with Crippen molar-refractivity contribution in [1.82, 2.24) is 0 Å². The molecule has 1 aromatic carbocycles. The topological polar surface area (TPSA) is 64.4 Å². The maximum atomic E-state index is 12.9. The van der Waals surface area contributed by atoms with Crippen molar-refractivity contribution in [2.24, 2.45) is 0 Å². The smallest absolute Gasteiger partial charge is 0.377 e. The molecule has 116 valence electrons. The number of hydrogen-bond acceptors (Lipinski definition) is 4. The van der Waals surface area contributed by atoms with Crippen LogP contribution in [0.3, 0.4) is 0 Å². The third kappa shape index (κ3) is 3.10. The Labute approximate surface area is 119 Å². The standard InChI is InChI=1S/C13H15F3N2O3/c1-8-12(2,5-6-21-8)17-9-3-4-11(18(19)20)10(7-9)13(14,15)16/h3-4,7-8,17H,5-6H2,1-2H3. The molecule has 0 radical (unpaired) electrons. The number of hydrogen-bond donors (Lipinski definition) is 1. The fourth-order valence-corrected chi connectivity index (χ4v) is 2.33. The van der Waals surface area contributed by atoms with Crippen LogP contribution in [0.25, 0.3) is 0 Å². The zero-order valence-electron chi connectivity index (χ0n) is 11.5. The summed E-state index contributed by atoms with van der Waals surface area (Å²) in [7, 11) is 0. The van der Waals surface area contributed by atoms with Crippen LogP contribution in [0.1, 0.15) is 25.8 Å². The van der Waals surface area contributed by atoms with Crippen LogP contribution < -0.4 is 5.32 Å². The lowest BCUT2D eigenvalue weighted by Crippen LogP contribution is -2.41. The molecule has 2 unspecified atom stereocenters. The summed E-state index contributed by atoms with van der Waals surface area (Å²) in [5, 5.41) is 13.7. The van der Waals surface area contributed by atoms with Gasteiger partial charge in [-0.1, -0.05) is 0 Å². The van der Waals surface area contributed by atoms with Crippen molar-refractivity contribution in [1.29, 1.82) is 0 Å². The monoisotopic (exact) mass is 304 g/mol. The van der Waals surface area contributed by atoms with Crippen molar-refractivity contribution in [3.63, 3.8) is 0 Å². The van der Waals surface area contributed by atoms with E-state index in [1.54, 1.807) is 0 Å². The van der Waals surface area contributed by atoms with Crippen LogP contribution >= 0.6 is 0 Å². The Morgan fingerprint density at radius 3 is 2.62 bits per heavy atom. The van der Waals surface area contributed by atoms with E-state index in [2.05, 4.69) is 5.32 Å². The number of alkyl halides is 3. The molecule has 0 spiro atoms. The van der Waals surface area contributed by atoms with Crippen molar-refractivity contribution < 1.29 is 22.8 Å². The predicted molar refractivity (Wildman–Crippen MR) is 70.2 cm³/mol. The summed E-state index contributed by atoms with van der Waals surface area (Å²) in [6.07, 6.45) is -4.30. The molecule has 0 amide bonds. The first kappa shape index (κ1) is 15.6. The zero-order chi connectivity index (χ0) is 15.8. The van der Waals surface area contributed by atoms with E-state index in [0.29, 0.717) is 13.0 Å². The number of benzene rings is 1. The number of nitro benzene ring substituents is 1. The Balaban J connectivity index is 2.36. The highest BCUT2D eigenvalue weighted by Gasteiger charge is 2.40. The third-order valence-corrected chi connectivity index (χ3v) is 3.82. The molecule has 1 saturated heterocycles. The number of nitrogens with zero attached hydrogens (tertiary/aromatic N) is 1. The van der Waals surface area contributed by atoms with Crippen molar-refractivity contribution in [2.75, 3.05) is 11.9 Å². The maximum absolute atomic E-state index is 12.9. The summed E-state index contributed by atoms with van der Waals surface area (Å²) in [5.41, 5.74) is -2.52. The van der Waals surface area contributed by atoms with Crippen LogP contribution in [-0.2, 0) is 10.9 Å². The lowest BCUT2D eigenvalue weighted by Gasteiger charge is -2.30. The lowest BCUT2D eigenvalue weighted by atomic mass is 9.94. The zero-order valence-corrected chi connectivity index (χ0v) is 11.5. The van der Waals surface area contributed by atoms with Gasteiger partial charge in [0.2, 0.25) is 0 Å². The molecule has 1 aliphatic heterocycles. The summed E-state index contributed by atoms with van der Waals surface area (Å²) in [6, 6.07) is 2.92. The summed E-state index contributed by atoms with van der Waals surface area (Å²) in [4.78, 5) is 9.67. The average Bonchev–Trinajstić information content (AvgIpc) is 2.68.